The lowest BCUT2D eigenvalue weighted by Crippen LogP contribution is -2.42. The number of carboxylic acid groups (broad SMARTS) is 2. The summed E-state index contributed by atoms with van der Waals surface area (Å²) in [6.07, 6.45) is 2.77. The van der Waals surface area contributed by atoms with E-state index in [1.54, 1.807) is 17.1 Å². The van der Waals surface area contributed by atoms with Crippen molar-refractivity contribution in [2.45, 2.75) is 18.5 Å². The topological polar surface area (TPSA) is 121 Å². The first-order valence-electron chi connectivity index (χ1n) is 10.2. The summed E-state index contributed by atoms with van der Waals surface area (Å²) in [6, 6.07) is 9.87. The first kappa shape index (κ1) is 24.7. The Labute approximate surface area is 192 Å². The van der Waals surface area contributed by atoms with Crippen LogP contribution >= 0.6 is 0 Å². The van der Waals surface area contributed by atoms with Crippen molar-refractivity contribution >= 4 is 17.8 Å². The van der Waals surface area contributed by atoms with Crippen molar-refractivity contribution in [1.29, 1.82) is 0 Å². The summed E-state index contributed by atoms with van der Waals surface area (Å²) in [5.41, 5.74) is 2.86. The summed E-state index contributed by atoms with van der Waals surface area (Å²) in [5.74, 6) is -3.17. The molecule has 12 heteroatoms. The highest BCUT2D eigenvalue weighted by Crippen LogP contribution is 2.32. The zero-order chi connectivity index (χ0) is 24.9. The fourth-order valence-corrected chi connectivity index (χ4v) is 3.60. The standard InChI is InChI=1S/C20H21N5O2.C2HF3O2/c1-24-11-17(8-23-24)15-7-16(20(26)27)13-25(12-15)19-10-21-18(9-22-19)14-5-3-2-4-6-14;3-2(4,5)1(6)7/h2-6,8-11,15-16H,7,12-13H2,1H3,(H,26,27);(H,6,7). The van der Waals surface area contributed by atoms with E-state index >= 15 is 0 Å². The second-order valence-corrected chi connectivity index (χ2v) is 7.75. The predicted molar refractivity (Wildman–Crippen MR) is 115 cm³/mol. The third kappa shape index (κ3) is 6.30. The molecule has 0 radical (unpaired) electrons. The van der Waals surface area contributed by atoms with Crippen LogP contribution < -0.4 is 4.90 Å². The Kier molecular flexibility index (Phi) is 7.49. The van der Waals surface area contributed by atoms with E-state index in [9.17, 15) is 23.1 Å². The summed E-state index contributed by atoms with van der Waals surface area (Å²) in [4.78, 5) is 31.7. The van der Waals surface area contributed by atoms with Gasteiger partial charge >= 0.3 is 18.1 Å². The van der Waals surface area contributed by atoms with Gasteiger partial charge in [0.1, 0.15) is 5.82 Å². The monoisotopic (exact) mass is 477 g/mol. The first-order chi connectivity index (χ1) is 16.0. The van der Waals surface area contributed by atoms with Gasteiger partial charge < -0.3 is 15.1 Å². The zero-order valence-corrected chi connectivity index (χ0v) is 18.1. The Bertz CT molecular complexity index is 1120. The van der Waals surface area contributed by atoms with Gasteiger partial charge in [0.15, 0.2) is 0 Å². The molecular weight excluding hydrogens is 455 g/mol. The molecule has 0 saturated carbocycles. The van der Waals surface area contributed by atoms with Gasteiger partial charge in [0.2, 0.25) is 0 Å². The molecule has 3 heterocycles. The fourth-order valence-electron chi connectivity index (χ4n) is 3.60. The Balaban J connectivity index is 0.000000406. The number of piperidine rings is 1. The van der Waals surface area contributed by atoms with Crippen LogP contribution in [-0.2, 0) is 16.6 Å². The first-order valence-corrected chi connectivity index (χ1v) is 10.2. The molecule has 0 aliphatic carbocycles. The van der Waals surface area contributed by atoms with Crippen molar-refractivity contribution in [3.8, 4) is 11.3 Å². The van der Waals surface area contributed by atoms with Gasteiger partial charge in [-0.1, -0.05) is 30.3 Å². The van der Waals surface area contributed by atoms with Gasteiger partial charge in [0.05, 0.1) is 30.2 Å². The van der Waals surface area contributed by atoms with Crippen LogP contribution in [-0.4, -0.2) is 61.2 Å². The van der Waals surface area contributed by atoms with Crippen molar-refractivity contribution in [1.82, 2.24) is 19.7 Å². The molecule has 2 unspecified atom stereocenters. The minimum Gasteiger partial charge on any atom is -0.481 e. The van der Waals surface area contributed by atoms with Crippen LogP contribution in [0.1, 0.15) is 17.9 Å². The van der Waals surface area contributed by atoms with E-state index in [-0.39, 0.29) is 5.92 Å². The van der Waals surface area contributed by atoms with Crippen molar-refractivity contribution in [2.75, 3.05) is 18.0 Å². The number of carbonyl (C=O) groups is 2. The molecule has 0 spiro atoms. The molecule has 0 amide bonds. The molecule has 4 rings (SSSR count). The molecule has 3 aromatic rings. The summed E-state index contributed by atoms with van der Waals surface area (Å²) in [7, 11) is 1.87. The Morgan fingerprint density at radius 1 is 1.03 bits per heavy atom. The minimum absolute atomic E-state index is 0.101. The summed E-state index contributed by atoms with van der Waals surface area (Å²) in [6.45, 7) is 1.14. The minimum atomic E-state index is -5.08. The molecule has 34 heavy (non-hydrogen) atoms. The fraction of sp³-hybridized carbons (Fsp3) is 0.318. The molecule has 1 aromatic carbocycles. The summed E-state index contributed by atoms with van der Waals surface area (Å²) >= 11 is 0. The van der Waals surface area contributed by atoms with E-state index in [2.05, 4.69) is 15.1 Å². The highest BCUT2D eigenvalue weighted by Gasteiger charge is 2.38. The number of aromatic nitrogens is 4. The number of carboxylic acids is 2. The van der Waals surface area contributed by atoms with Crippen molar-refractivity contribution in [3.63, 3.8) is 0 Å². The van der Waals surface area contributed by atoms with Crippen LogP contribution in [0.2, 0.25) is 0 Å². The van der Waals surface area contributed by atoms with E-state index < -0.39 is 24.0 Å². The molecular formula is C22H22F3N5O4. The third-order valence-electron chi connectivity index (χ3n) is 5.27. The molecule has 2 N–H and O–H groups in total. The van der Waals surface area contributed by atoms with Crippen LogP contribution in [0.5, 0.6) is 0 Å². The molecule has 0 bridgehead atoms. The number of aryl methyl sites for hydroxylation is 1. The second-order valence-electron chi connectivity index (χ2n) is 7.75. The van der Waals surface area contributed by atoms with Crippen LogP contribution in [0, 0.1) is 5.92 Å². The molecule has 1 aliphatic heterocycles. The smallest absolute Gasteiger partial charge is 0.481 e. The summed E-state index contributed by atoms with van der Waals surface area (Å²) < 4.78 is 33.5. The van der Waals surface area contributed by atoms with Gasteiger partial charge in [-0.15, -0.1) is 0 Å². The van der Waals surface area contributed by atoms with Gasteiger partial charge in [-0.3, -0.25) is 14.5 Å². The van der Waals surface area contributed by atoms with Crippen LogP contribution in [0.15, 0.2) is 55.1 Å². The normalized spacial score (nSPS) is 18.1. The number of hydrogen-bond donors (Lipinski definition) is 2. The number of nitrogens with zero attached hydrogens (tertiary/aromatic N) is 5. The number of benzene rings is 1. The van der Waals surface area contributed by atoms with E-state index in [4.69, 9.17) is 9.90 Å². The van der Waals surface area contributed by atoms with E-state index in [0.29, 0.717) is 25.3 Å². The zero-order valence-electron chi connectivity index (χ0n) is 18.1. The number of aliphatic carboxylic acids is 2. The molecule has 2 aromatic heterocycles. The number of rotatable bonds is 4. The van der Waals surface area contributed by atoms with Crippen LogP contribution in [0.25, 0.3) is 11.3 Å². The lowest BCUT2D eigenvalue weighted by atomic mass is 9.86. The maximum absolute atomic E-state index is 11.7. The summed E-state index contributed by atoms with van der Waals surface area (Å²) in [5, 5.41) is 20.9. The lowest BCUT2D eigenvalue weighted by Gasteiger charge is -2.36. The van der Waals surface area contributed by atoms with Gasteiger partial charge in [0, 0.05) is 37.8 Å². The molecule has 1 aliphatic rings. The number of halogens is 3. The number of hydrogen-bond acceptors (Lipinski definition) is 6. The predicted octanol–water partition coefficient (Wildman–Crippen LogP) is 3.21. The highest BCUT2D eigenvalue weighted by molar-refractivity contribution is 5.73. The van der Waals surface area contributed by atoms with Crippen molar-refractivity contribution in [2.24, 2.45) is 13.0 Å². The molecule has 2 atom stereocenters. The molecule has 180 valence electrons. The van der Waals surface area contributed by atoms with Gasteiger partial charge in [-0.05, 0) is 12.0 Å². The maximum Gasteiger partial charge on any atom is 0.490 e. The number of alkyl halides is 3. The second kappa shape index (κ2) is 10.3. The highest BCUT2D eigenvalue weighted by atomic mass is 19.4. The van der Waals surface area contributed by atoms with Gasteiger partial charge in [0.25, 0.3) is 0 Å². The Morgan fingerprint density at radius 2 is 1.71 bits per heavy atom. The van der Waals surface area contributed by atoms with Crippen LogP contribution in [0.3, 0.4) is 0 Å². The van der Waals surface area contributed by atoms with Crippen molar-refractivity contribution < 1.29 is 33.0 Å². The molecule has 9 nitrogen and oxygen atoms in total. The van der Waals surface area contributed by atoms with Crippen molar-refractivity contribution in [3.05, 3.63) is 60.7 Å². The van der Waals surface area contributed by atoms with Crippen LogP contribution in [0.4, 0.5) is 19.0 Å². The average molecular weight is 477 g/mol. The van der Waals surface area contributed by atoms with E-state index in [1.165, 1.54) is 0 Å². The quantitative estimate of drug-likeness (QED) is 0.588. The largest absolute Gasteiger partial charge is 0.490 e. The third-order valence-corrected chi connectivity index (χ3v) is 5.27. The average Bonchev–Trinajstić information content (AvgIpc) is 3.25. The van der Waals surface area contributed by atoms with Gasteiger partial charge in [-0.25, -0.2) is 9.78 Å². The molecule has 1 fully saturated rings. The molecule has 1 saturated heterocycles. The Hall–Kier alpha value is -3.96. The van der Waals surface area contributed by atoms with E-state index in [1.807, 2.05) is 54.7 Å². The maximum atomic E-state index is 11.7. The Morgan fingerprint density at radius 3 is 2.21 bits per heavy atom. The van der Waals surface area contributed by atoms with E-state index in [0.717, 1.165) is 16.8 Å². The van der Waals surface area contributed by atoms with Gasteiger partial charge in [-0.2, -0.15) is 18.3 Å². The number of anilines is 1. The lowest BCUT2D eigenvalue weighted by molar-refractivity contribution is -0.192. The SMILES string of the molecule is Cn1cc(C2CC(C(=O)O)CN(c3cnc(-c4ccccc4)cn3)C2)cn1.O=C(O)C(F)(F)F.